The Morgan fingerprint density at radius 3 is 2.32 bits per heavy atom. The molecule has 5 heteroatoms. The van der Waals surface area contributed by atoms with Crippen LogP contribution in [0, 0.1) is 0 Å². The van der Waals surface area contributed by atoms with Gasteiger partial charge in [0.15, 0.2) is 0 Å². The predicted octanol–water partition coefficient (Wildman–Crippen LogP) is 8.03. The number of nitrogens with one attached hydrogen (secondary N) is 2. The van der Waals surface area contributed by atoms with Gasteiger partial charge in [-0.1, -0.05) is 78.9 Å². The number of fused-ring (bicyclic) bond motifs is 6. The summed E-state index contributed by atoms with van der Waals surface area (Å²) in [7, 11) is 1.63. The van der Waals surface area contributed by atoms with Crippen molar-refractivity contribution < 1.29 is 9.53 Å². The third-order valence-electron chi connectivity index (χ3n) is 7.56. The van der Waals surface area contributed by atoms with Gasteiger partial charge in [0, 0.05) is 27.9 Å². The first-order valence-electron chi connectivity index (χ1n) is 13.6. The van der Waals surface area contributed by atoms with Crippen LogP contribution < -0.4 is 10.1 Å². The average molecular weight is 534 g/mol. The number of nitrogens with zero attached hydrogens (tertiary/aromatic N) is 1. The molecule has 0 aliphatic rings. The predicted molar refractivity (Wildman–Crippen MR) is 168 cm³/mol. The van der Waals surface area contributed by atoms with Crippen molar-refractivity contribution in [3.8, 4) is 17.0 Å². The molecule has 5 nitrogen and oxygen atoms in total. The summed E-state index contributed by atoms with van der Waals surface area (Å²) < 4.78 is 5.21. The summed E-state index contributed by atoms with van der Waals surface area (Å²) in [6.07, 6.45) is 3.33. The number of pyridine rings is 1. The van der Waals surface area contributed by atoms with Crippen LogP contribution in [-0.4, -0.2) is 23.0 Å². The van der Waals surface area contributed by atoms with E-state index in [4.69, 9.17) is 9.72 Å². The average Bonchev–Trinajstić information content (AvgIpc) is 3.41. The zero-order valence-corrected chi connectivity index (χ0v) is 22.5. The topological polar surface area (TPSA) is 67.0 Å². The Morgan fingerprint density at radius 2 is 1.51 bits per heavy atom. The molecule has 0 bridgehead atoms. The number of aromatic amines is 1. The van der Waals surface area contributed by atoms with Crippen LogP contribution in [0.2, 0.25) is 0 Å². The zero-order chi connectivity index (χ0) is 27.8. The number of carbonyl (C=O) groups excluding carboxylic acids is 1. The van der Waals surface area contributed by atoms with Crippen molar-refractivity contribution in [2.45, 2.75) is 6.54 Å². The minimum Gasteiger partial charge on any atom is -0.497 e. The maximum absolute atomic E-state index is 12.8. The molecule has 7 aromatic rings. The summed E-state index contributed by atoms with van der Waals surface area (Å²) in [6.45, 7) is 0.305. The van der Waals surface area contributed by atoms with Gasteiger partial charge < -0.3 is 15.0 Å². The number of hydrogen-bond donors (Lipinski definition) is 2. The van der Waals surface area contributed by atoms with Gasteiger partial charge >= 0.3 is 0 Å². The maximum Gasteiger partial charge on any atom is 0.244 e. The Balaban J connectivity index is 1.31. The molecule has 0 aliphatic heterocycles. The zero-order valence-electron chi connectivity index (χ0n) is 22.5. The second kappa shape index (κ2) is 10.3. The standard InChI is InChI=1S/C36H27N3O2/c1-41-26-17-14-23(15-18-26)16-19-34(40)37-22-25-21-32-30-12-6-7-13-33(30)39-36(32)35(38-25)31-20-24-8-2-3-9-27(24)28-10-4-5-11-29(28)31/h2-21,39H,22H2,1H3,(H,37,40)/b19-16+. The number of benzene rings is 5. The lowest BCUT2D eigenvalue weighted by Crippen LogP contribution is -2.21. The minimum atomic E-state index is -0.181. The van der Waals surface area contributed by atoms with Gasteiger partial charge in [0.2, 0.25) is 5.91 Å². The van der Waals surface area contributed by atoms with E-state index in [0.29, 0.717) is 6.54 Å². The number of aromatic nitrogens is 2. The third-order valence-corrected chi connectivity index (χ3v) is 7.56. The lowest BCUT2D eigenvalue weighted by Gasteiger charge is -2.13. The van der Waals surface area contributed by atoms with E-state index >= 15 is 0 Å². The Hall–Kier alpha value is -5.42. The number of amides is 1. The van der Waals surface area contributed by atoms with Crippen LogP contribution >= 0.6 is 0 Å². The number of methoxy groups -OCH3 is 1. The smallest absolute Gasteiger partial charge is 0.244 e. The van der Waals surface area contributed by atoms with Gasteiger partial charge in [-0.2, -0.15) is 0 Å². The normalized spacial score (nSPS) is 11.6. The van der Waals surface area contributed by atoms with Crippen LogP contribution in [0.1, 0.15) is 11.3 Å². The van der Waals surface area contributed by atoms with Crippen LogP contribution in [0.25, 0.3) is 60.7 Å². The molecule has 41 heavy (non-hydrogen) atoms. The monoisotopic (exact) mass is 533 g/mol. The van der Waals surface area contributed by atoms with Gasteiger partial charge in [-0.15, -0.1) is 0 Å². The van der Waals surface area contributed by atoms with Crippen molar-refractivity contribution in [1.29, 1.82) is 0 Å². The van der Waals surface area contributed by atoms with Gasteiger partial charge in [-0.3, -0.25) is 4.79 Å². The van der Waals surface area contributed by atoms with Crippen LogP contribution in [0.3, 0.4) is 0 Å². The lowest BCUT2D eigenvalue weighted by molar-refractivity contribution is -0.116. The summed E-state index contributed by atoms with van der Waals surface area (Å²) in [5.41, 5.74) is 5.69. The number of rotatable bonds is 6. The molecular formula is C36H27N3O2. The first kappa shape index (κ1) is 24.6. The number of carbonyl (C=O) groups is 1. The molecule has 2 aromatic heterocycles. The molecule has 0 saturated heterocycles. The van der Waals surface area contributed by atoms with E-state index in [1.807, 2.05) is 36.4 Å². The van der Waals surface area contributed by atoms with Crippen molar-refractivity contribution in [2.24, 2.45) is 0 Å². The number of hydrogen-bond acceptors (Lipinski definition) is 3. The second-order valence-corrected chi connectivity index (χ2v) is 10.1. The van der Waals surface area contributed by atoms with Crippen LogP contribution in [-0.2, 0) is 11.3 Å². The fourth-order valence-corrected chi connectivity index (χ4v) is 5.56. The van der Waals surface area contributed by atoms with E-state index < -0.39 is 0 Å². The van der Waals surface area contributed by atoms with E-state index in [0.717, 1.165) is 60.8 Å². The molecule has 0 fully saturated rings. The summed E-state index contributed by atoms with van der Waals surface area (Å²) in [5.74, 6) is 0.597. The Kier molecular flexibility index (Phi) is 6.17. The molecule has 5 aromatic carbocycles. The summed E-state index contributed by atoms with van der Waals surface area (Å²) >= 11 is 0. The molecule has 2 N–H and O–H groups in total. The number of ether oxygens (including phenoxy) is 1. The molecule has 0 atom stereocenters. The van der Waals surface area contributed by atoms with Crippen molar-refractivity contribution in [2.75, 3.05) is 7.11 Å². The first-order valence-corrected chi connectivity index (χ1v) is 13.6. The van der Waals surface area contributed by atoms with E-state index in [-0.39, 0.29) is 5.91 Å². The van der Waals surface area contributed by atoms with Gasteiger partial charge in [0.05, 0.1) is 30.6 Å². The molecule has 0 spiro atoms. The molecule has 0 aliphatic carbocycles. The SMILES string of the molecule is COc1ccc(/C=C/C(=O)NCc2cc3c([nH]c4ccccc43)c(-c3cc4ccccc4c4ccccc34)n2)cc1. The second-order valence-electron chi connectivity index (χ2n) is 10.1. The Labute approximate surface area is 237 Å². The highest BCUT2D eigenvalue weighted by Gasteiger charge is 2.17. The van der Waals surface area contributed by atoms with Gasteiger partial charge in [0.25, 0.3) is 0 Å². The van der Waals surface area contributed by atoms with Gasteiger partial charge in [0.1, 0.15) is 5.75 Å². The van der Waals surface area contributed by atoms with Crippen LogP contribution in [0.5, 0.6) is 5.75 Å². The molecule has 2 heterocycles. The summed E-state index contributed by atoms with van der Waals surface area (Å²) in [4.78, 5) is 21.5. The van der Waals surface area contributed by atoms with E-state index in [2.05, 4.69) is 83.1 Å². The van der Waals surface area contributed by atoms with E-state index in [1.165, 1.54) is 10.8 Å². The first-order chi connectivity index (χ1) is 20.2. The summed E-state index contributed by atoms with van der Waals surface area (Å²) in [5, 5.41) is 9.94. The van der Waals surface area contributed by atoms with Gasteiger partial charge in [-0.25, -0.2) is 4.98 Å². The molecule has 7 rings (SSSR count). The highest BCUT2D eigenvalue weighted by atomic mass is 16.5. The van der Waals surface area contributed by atoms with Crippen molar-refractivity contribution >= 4 is 55.3 Å². The fourth-order valence-electron chi connectivity index (χ4n) is 5.56. The maximum atomic E-state index is 12.8. The van der Waals surface area contributed by atoms with Crippen LogP contribution in [0.4, 0.5) is 0 Å². The minimum absolute atomic E-state index is 0.181. The molecule has 198 valence electrons. The Bertz CT molecular complexity index is 2110. The molecular weight excluding hydrogens is 506 g/mol. The van der Waals surface area contributed by atoms with E-state index in [1.54, 1.807) is 19.3 Å². The van der Waals surface area contributed by atoms with Crippen molar-refractivity contribution in [1.82, 2.24) is 15.3 Å². The van der Waals surface area contributed by atoms with Crippen molar-refractivity contribution in [3.05, 3.63) is 127 Å². The van der Waals surface area contributed by atoms with Crippen LogP contribution in [0.15, 0.2) is 115 Å². The van der Waals surface area contributed by atoms with Gasteiger partial charge in [-0.05, 0) is 63.5 Å². The Morgan fingerprint density at radius 1 is 0.805 bits per heavy atom. The van der Waals surface area contributed by atoms with E-state index in [9.17, 15) is 4.79 Å². The number of H-pyrrole nitrogens is 1. The molecule has 0 unspecified atom stereocenters. The molecule has 0 saturated carbocycles. The quantitative estimate of drug-likeness (QED) is 0.168. The molecule has 0 radical (unpaired) electrons. The largest absolute Gasteiger partial charge is 0.497 e. The number of para-hydroxylation sites is 1. The lowest BCUT2D eigenvalue weighted by atomic mass is 9.94. The highest BCUT2D eigenvalue weighted by molar-refractivity contribution is 6.18. The summed E-state index contributed by atoms with van der Waals surface area (Å²) in [6, 6.07) is 37.1. The fraction of sp³-hybridized carbons (Fsp3) is 0.0556. The highest BCUT2D eigenvalue weighted by Crippen LogP contribution is 2.38. The third kappa shape index (κ3) is 4.57. The van der Waals surface area contributed by atoms with Crippen molar-refractivity contribution in [3.63, 3.8) is 0 Å². The molecule has 1 amide bonds.